The molecular formula is C54H85N3O14. The number of esters is 2. The zero-order valence-electron chi connectivity index (χ0n) is 44.9. The molecule has 2 aromatic rings. The van der Waals surface area contributed by atoms with E-state index in [0.717, 1.165) is 11.3 Å². The van der Waals surface area contributed by atoms with Gasteiger partial charge in [-0.2, -0.15) is 0 Å². The number of allylic oxidation sites excluding steroid dienone is 1. The van der Waals surface area contributed by atoms with Crippen molar-refractivity contribution in [2.75, 3.05) is 34.9 Å². The van der Waals surface area contributed by atoms with Crippen molar-refractivity contribution in [2.24, 2.45) is 23.7 Å². The maximum Gasteiger partial charge on any atom is 0.311 e. The second kappa shape index (κ2) is 25.1. The Morgan fingerprint density at radius 3 is 2.20 bits per heavy atom. The molecule has 3 fully saturated rings. The summed E-state index contributed by atoms with van der Waals surface area (Å²) in [6.45, 7) is 19.9. The first-order valence-corrected chi connectivity index (χ1v) is 25.4. The minimum absolute atomic E-state index is 0.0700. The van der Waals surface area contributed by atoms with E-state index in [4.69, 9.17) is 42.6 Å². The summed E-state index contributed by atoms with van der Waals surface area (Å²) in [7, 11) is 6.85. The third-order valence-corrected chi connectivity index (χ3v) is 15.3. The highest BCUT2D eigenvalue weighted by Gasteiger charge is 2.55. The molecule has 0 radical (unpaired) electrons. The Labute approximate surface area is 422 Å². The van der Waals surface area contributed by atoms with Gasteiger partial charge < -0.3 is 62.3 Å². The third kappa shape index (κ3) is 14.0. The largest absolute Gasteiger partial charge is 0.459 e. The lowest BCUT2D eigenvalue weighted by Crippen LogP contribution is -2.62. The number of hydrogen-bond donors (Lipinski definition) is 2. The van der Waals surface area contributed by atoms with Gasteiger partial charge in [-0.3, -0.25) is 14.4 Å². The first-order chi connectivity index (χ1) is 33.4. The number of ether oxygens (including phenoxy) is 9. The number of aliphatic hydroxyl groups is 2. The number of aromatic nitrogens is 2. The van der Waals surface area contributed by atoms with E-state index in [1.165, 1.54) is 14.0 Å². The molecule has 3 aliphatic rings. The van der Waals surface area contributed by atoms with Gasteiger partial charge in [0.2, 0.25) is 0 Å². The minimum atomic E-state index is -1.85. The van der Waals surface area contributed by atoms with Crippen LogP contribution in [0.2, 0.25) is 0 Å². The molecule has 0 amide bonds. The average molecular weight is 1000 g/mol. The third-order valence-electron chi connectivity index (χ3n) is 15.3. The van der Waals surface area contributed by atoms with Crippen LogP contribution < -0.4 is 0 Å². The number of hydrogen-bond acceptors (Lipinski definition) is 16. The Morgan fingerprint density at radius 2 is 1.58 bits per heavy atom. The van der Waals surface area contributed by atoms with Crippen molar-refractivity contribution in [3.8, 4) is 11.3 Å². The minimum Gasteiger partial charge on any atom is -0.459 e. The van der Waals surface area contributed by atoms with Crippen LogP contribution in [0.4, 0.5) is 0 Å². The molecule has 400 valence electrons. The number of rotatable bonds is 16. The monoisotopic (exact) mass is 1000 g/mol. The van der Waals surface area contributed by atoms with Gasteiger partial charge in [0.25, 0.3) is 0 Å². The number of ketones is 1. The first kappa shape index (κ1) is 58.3. The van der Waals surface area contributed by atoms with E-state index in [1.807, 2.05) is 107 Å². The molecule has 5 rings (SSSR count). The first-order valence-electron chi connectivity index (χ1n) is 25.4. The second-order valence-corrected chi connectivity index (χ2v) is 21.1. The van der Waals surface area contributed by atoms with Crippen molar-refractivity contribution in [1.82, 2.24) is 14.5 Å². The summed E-state index contributed by atoms with van der Waals surface area (Å²) in [5.41, 5.74) is -2.26. The number of aliphatic hydroxyl groups excluding tert-OH is 1. The molecule has 0 saturated carbocycles. The van der Waals surface area contributed by atoms with Crippen LogP contribution in [0.1, 0.15) is 108 Å². The molecule has 17 heteroatoms. The summed E-state index contributed by atoms with van der Waals surface area (Å²) in [6.07, 6.45) is 0.0849. The average Bonchev–Trinajstić information content (AvgIpc) is 3.81. The predicted octanol–water partition coefficient (Wildman–Crippen LogP) is 6.54. The van der Waals surface area contributed by atoms with Crippen molar-refractivity contribution in [3.05, 3.63) is 55.0 Å². The van der Waals surface area contributed by atoms with E-state index in [9.17, 15) is 24.6 Å². The normalized spacial score (nSPS) is 39.0. The Balaban J connectivity index is 1.51. The standard InChI is InChI=1S/C54H85N3O14/c1-16-42-54(11,62)48(65-26-22-18-21-25-57-30-40(55-31-57)39-23-19-17-20-24-39)34(4)44(59)32(2)28-52(9,63-14)47(71-51-45(60)41(56(12)13)27-33(3)66-51)35(5)46(36(6)50(61)69-42)70-43-29-53(10,64-15)49(37(7)67-43)68-38(8)58/h17-20,22-24,30-37,41-43,45-49,51,60,62H,16,21,25-29H2,1-15H3/b22-18+/t32-,33-,34+,35+,36-,37+,41+,42-,43+,45-,46+,47-,48-,49+,51?,52+,53-,54-/m1/s1. The zero-order valence-corrected chi connectivity index (χ0v) is 44.9. The number of imidazole rings is 1. The van der Waals surface area contributed by atoms with Crippen molar-refractivity contribution in [3.63, 3.8) is 0 Å². The van der Waals surface area contributed by atoms with Gasteiger partial charge in [0.15, 0.2) is 18.7 Å². The van der Waals surface area contributed by atoms with Crippen molar-refractivity contribution < 1.29 is 67.2 Å². The molecule has 17 nitrogen and oxygen atoms in total. The van der Waals surface area contributed by atoms with Crippen LogP contribution in [0.25, 0.3) is 11.3 Å². The fourth-order valence-electron chi connectivity index (χ4n) is 11.1. The summed E-state index contributed by atoms with van der Waals surface area (Å²) >= 11 is 0. The summed E-state index contributed by atoms with van der Waals surface area (Å²) in [5.74, 6) is -4.73. The second-order valence-electron chi connectivity index (χ2n) is 21.1. The molecule has 1 unspecified atom stereocenters. The van der Waals surface area contributed by atoms with Crippen LogP contribution >= 0.6 is 0 Å². The summed E-state index contributed by atoms with van der Waals surface area (Å²) < 4.78 is 59.7. The van der Waals surface area contributed by atoms with Gasteiger partial charge in [-0.25, -0.2) is 4.98 Å². The van der Waals surface area contributed by atoms with Crippen molar-refractivity contribution in [1.29, 1.82) is 0 Å². The van der Waals surface area contributed by atoms with E-state index >= 15 is 0 Å². The number of benzene rings is 1. The highest BCUT2D eigenvalue weighted by atomic mass is 16.7. The smallest absolute Gasteiger partial charge is 0.311 e. The summed E-state index contributed by atoms with van der Waals surface area (Å²) in [5, 5.41) is 24.5. The van der Waals surface area contributed by atoms with Crippen LogP contribution in [0.3, 0.4) is 0 Å². The quantitative estimate of drug-likeness (QED) is 0.136. The number of methoxy groups -OCH3 is 2. The van der Waals surface area contributed by atoms with Crippen LogP contribution in [-0.4, -0.2) is 162 Å². The fourth-order valence-corrected chi connectivity index (χ4v) is 11.1. The summed E-state index contributed by atoms with van der Waals surface area (Å²) in [4.78, 5) is 48.4. The number of Topliss-reactive ketones (excluding diaryl/α,β-unsaturated/α-hetero) is 1. The molecule has 3 saturated heterocycles. The topological polar surface area (TPSA) is 196 Å². The molecule has 18 atom stereocenters. The summed E-state index contributed by atoms with van der Waals surface area (Å²) in [6, 6.07) is 9.66. The van der Waals surface area contributed by atoms with Crippen LogP contribution in [0, 0.1) is 23.7 Å². The fraction of sp³-hybridized carbons (Fsp3) is 0.741. The van der Waals surface area contributed by atoms with Crippen LogP contribution in [-0.2, 0) is 63.6 Å². The molecule has 4 heterocycles. The van der Waals surface area contributed by atoms with Gasteiger partial charge in [0, 0.05) is 69.7 Å². The van der Waals surface area contributed by atoms with E-state index in [2.05, 4.69) is 4.98 Å². The van der Waals surface area contributed by atoms with E-state index < -0.39 is 108 Å². The number of cyclic esters (lactones) is 1. The maximum atomic E-state index is 14.9. The van der Waals surface area contributed by atoms with Gasteiger partial charge >= 0.3 is 11.9 Å². The van der Waals surface area contributed by atoms with Crippen LogP contribution in [0.15, 0.2) is 55.0 Å². The molecule has 0 aliphatic carbocycles. The molecule has 2 N–H and O–H groups in total. The Hall–Kier alpha value is -3.62. The molecular weight excluding hydrogens is 915 g/mol. The lowest BCUT2D eigenvalue weighted by molar-refractivity contribution is -0.320. The maximum absolute atomic E-state index is 14.9. The lowest BCUT2D eigenvalue weighted by atomic mass is 9.73. The predicted molar refractivity (Wildman–Crippen MR) is 266 cm³/mol. The molecule has 0 spiro atoms. The van der Waals surface area contributed by atoms with Gasteiger partial charge in [-0.1, -0.05) is 70.2 Å². The number of aryl methyl sites for hydroxylation is 1. The van der Waals surface area contributed by atoms with E-state index in [-0.39, 0.29) is 43.8 Å². The van der Waals surface area contributed by atoms with Gasteiger partial charge in [-0.05, 0) is 81.3 Å². The number of carbonyl (C=O) groups is 3. The van der Waals surface area contributed by atoms with Crippen LogP contribution in [0.5, 0.6) is 0 Å². The Bertz CT molecular complexity index is 2050. The highest BCUT2D eigenvalue weighted by molar-refractivity contribution is 5.83. The molecule has 3 aliphatic heterocycles. The van der Waals surface area contributed by atoms with E-state index in [0.29, 0.717) is 19.4 Å². The molecule has 1 aromatic heterocycles. The lowest BCUT2D eigenvalue weighted by Gasteiger charge is -2.50. The van der Waals surface area contributed by atoms with Gasteiger partial charge in [-0.15, -0.1) is 0 Å². The zero-order chi connectivity index (χ0) is 52.6. The Morgan fingerprint density at radius 1 is 0.915 bits per heavy atom. The van der Waals surface area contributed by atoms with Gasteiger partial charge in [0.1, 0.15) is 29.2 Å². The molecule has 71 heavy (non-hydrogen) atoms. The number of nitrogens with zero attached hydrogens (tertiary/aromatic N) is 3. The number of carbonyl (C=O) groups excluding carboxylic acids is 3. The van der Waals surface area contributed by atoms with E-state index in [1.54, 1.807) is 48.1 Å². The molecule has 1 aromatic carbocycles. The van der Waals surface area contributed by atoms with Crippen molar-refractivity contribution in [2.45, 2.75) is 199 Å². The SMILES string of the molecule is CC[C@H]1OC(=O)[C@H](C)[C@@H](O[C@H]2C[C@@](C)(OC)[C@@H](OC(C)=O)[C@H](C)O2)[C@H](C)[C@@H](OC2O[C@H](C)C[C@H](N(C)C)[C@H]2O)[C@@](C)(OC)C[C@@H](C)C(=O)[C@H](C)[C@@H](OC/C=C/CCn2cnc(-c3ccccc3)c2)[C@]1(C)O. The van der Waals surface area contributed by atoms with Crippen molar-refractivity contribution >= 4 is 17.7 Å². The Kier molecular flexibility index (Phi) is 20.6. The molecule has 0 bridgehead atoms. The number of likely N-dealkylation sites (N-methyl/N-ethyl adjacent to an activating group) is 1. The highest BCUT2D eigenvalue weighted by Crippen LogP contribution is 2.42. The van der Waals surface area contributed by atoms with Gasteiger partial charge in [0.05, 0.1) is 60.7 Å².